The van der Waals surface area contributed by atoms with Crippen molar-refractivity contribution in [3.05, 3.63) is 24.2 Å². The Morgan fingerprint density at radius 1 is 1.62 bits per heavy atom. The molecule has 2 rings (SSSR count). The summed E-state index contributed by atoms with van der Waals surface area (Å²) >= 11 is 0. The van der Waals surface area contributed by atoms with Crippen molar-refractivity contribution in [2.45, 2.75) is 31.3 Å². The molecule has 1 unspecified atom stereocenters. The molecule has 13 heavy (non-hydrogen) atoms. The topological polar surface area (TPSA) is 45.4 Å². The maximum Gasteiger partial charge on any atom is 0.123 e. The van der Waals surface area contributed by atoms with Gasteiger partial charge in [-0.25, -0.2) is 0 Å². The molecule has 3 heteroatoms. The summed E-state index contributed by atoms with van der Waals surface area (Å²) < 4.78 is 5.23. The zero-order valence-electron chi connectivity index (χ0n) is 7.57. The molecule has 0 saturated heterocycles. The van der Waals surface area contributed by atoms with Gasteiger partial charge in [-0.15, -0.1) is 0 Å². The molecule has 1 aromatic rings. The van der Waals surface area contributed by atoms with Crippen molar-refractivity contribution in [3.63, 3.8) is 0 Å². The SMILES string of the molecule is OCC(NC1CCC1)c1ccco1. The van der Waals surface area contributed by atoms with Crippen LogP contribution in [0.25, 0.3) is 0 Å². The maximum atomic E-state index is 9.14. The van der Waals surface area contributed by atoms with Crippen molar-refractivity contribution in [3.8, 4) is 0 Å². The molecule has 0 bridgehead atoms. The van der Waals surface area contributed by atoms with Crippen LogP contribution >= 0.6 is 0 Å². The molecule has 1 heterocycles. The van der Waals surface area contributed by atoms with Crippen LogP contribution in [0.5, 0.6) is 0 Å². The maximum absolute atomic E-state index is 9.14. The summed E-state index contributed by atoms with van der Waals surface area (Å²) in [6, 6.07) is 4.29. The van der Waals surface area contributed by atoms with Crippen molar-refractivity contribution >= 4 is 0 Å². The zero-order chi connectivity index (χ0) is 9.10. The number of nitrogens with one attached hydrogen (secondary N) is 1. The summed E-state index contributed by atoms with van der Waals surface area (Å²) in [5.41, 5.74) is 0. The van der Waals surface area contributed by atoms with Gasteiger partial charge in [0, 0.05) is 6.04 Å². The van der Waals surface area contributed by atoms with Crippen molar-refractivity contribution < 1.29 is 9.52 Å². The second-order valence-electron chi connectivity index (χ2n) is 3.55. The van der Waals surface area contributed by atoms with Gasteiger partial charge in [0.15, 0.2) is 0 Å². The average molecular weight is 181 g/mol. The molecule has 0 aliphatic heterocycles. The normalized spacial score (nSPS) is 19.8. The summed E-state index contributed by atoms with van der Waals surface area (Å²) in [6.45, 7) is 0.101. The van der Waals surface area contributed by atoms with Crippen LogP contribution in [0.1, 0.15) is 31.1 Å². The van der Waals surface area contributed by atoms with Gasteiger partial charge < -0.3 is 14.8 Å². The number of aliphatic hydroxyl groups excluding tert-OH is 1. The van der Waals surface area contributed by atoms with E-state index in [4.69, 9.17) is 9.52 Å². The second-order valence-corrected chi connectivity index (χ2v) is 3.55. The van der Waals surface area contributed by atoms with Gasteiger partial charge in [0.25, 0.3) is 0 Å². The Balaban J connectivity index is 1.92. The van der Waals surface area contributed by atoms with Crippen LogP contribution in [0.15, 0.2) is 22.8 Å². The molecular weight excluding hydrogens is 166 g/mol. The van der Waals surface area contributed by atoms with Gasteiger partial charge in [-0.3, -0.25) is 0 Å². The zero-order valence-corrected chi connectivity index (χ0v) is 7.57. The third-order valence-corrected chi connectivity index (χ3v) is 2.61. The van der Waals surface area contributed by atoms with E-state index in [0.29, 0.717) is 6.04 Å². The smallest absolute Gasteiger partial charge is 0.123 e. The molecule has 0 amide bonds. The van der Waals surface area contributed by atoms with Gasteiger partial charge in [-0.2, -0.15) is 0 Å². The molecule has 1 aliphatic rings. The number of hydrogen-bond acceptors (Lipinski definition) is 3. The first-order chi connectivity index (χ1) is 6.40. The lowest BCUT2D eigenvalue weighted by Crippen LogP contribution is -2.39. The molecule has 1 atom stereocenters. The lowest BCUT2D eigenvalue weighted by molar-refractivity contribution is 0.193. The Kier molecular flexibility index (Phi) is 2.66. The summed E-state index contributed by atoms with van der Waals surface area (Å²) in [6.07, 6.45) is 5.38. The summed E-state index contributed by atoms with van der Waals surface area (Å²) in [5, 5.41) is 12.5. The van der Waals surface area contributed by atoms with Crippen molar-refractivity contribution in [2.24, 2.45) is 0 Å². The van der Waals surface area contributed by atoms with E-state index in [2.05, 4.69) is 5.32 Å². The number of furan rings is 1. The van der Waals surface area contributed by atoms with Crippen LogP contribution in [0.3, 0.4) is 0 Å². The van der Waals surface area contributed by atoms with E-state index < -0.39 is 0 Å². The van der Waals surface area contributed by atoms with Crippen LogP contribution < -0.4 is 5.32 Å². The van der Waals surface area contributed by atoms with Crippen molar-refractivity contribution in [1.29, 1.82) is 0 Å². The molecule has 1 saturated carbocycles. The van der Waals surface area contributed by atoms with Gasteiger partial charge in [-0.1, -0.05) is 6.42 Å². The standard InChI is InChI=1S/C10H15NO2/c12-7-9(10-5-2-6-13-10)11-8-3-1-4-8/h2,5-6,8-9,11-12H,1,3-4,7H2. The first-order valence-electron chi connectivity index (χ1n) is 4.80. The van der Waals surface area contributed by atoms with E-state index in [1.165, 1.54) is 19.3 Å². The quantitative estimate of drug-likeness (QED) is 0.739. The fourth-order valence-electron chi connectivity index (χ4n) is 1.57. The Morgan fingerprint density at radius 2 is 2.46 bits per heavy atom. The number of rotatable bonds is 4. The highest BCUT2D eigenvalue weighted by Gasteiger charge is 2.22. The Morgan fingerprint density at radius 3 is 2.92 bits per heavy atom. The molecule has 1 aliphatic carbocycles. The highest BCUT2D eigenvalue weighted by Crippen LogP contribution is 2.22. The highest BCUT2D eigenvalue weighted by atomic mass is 16.3. The largest absolute Gasteiger partial charge is 0.468 e. The molecular formula is C10H15NO2. The van der Waals surface area contributed by atoms with E-state index in [0.717, 1.165) is 5.76 Å². The minimum absolute atomic E-state index is 0.0275. The van der Waals surface area contributed by atoms with Crippen LogP contribution in [0.2, 0.25) is 0 Å². The van der Waals surface area contributed by atoms with Gasteiger partial charge in [-0.05, 0) is 25.0 Å². The van der Waals surface area contributed by atoms with Crippen LogP contribution in [0.4, 0.5) is 0 Å². The van der Waals surface area contributed by atoms with Crippen LogP contribution in [-0.2, 0) is 0 Å². The molecule has 2 N–H and O–H groups in total. The third kappa shape index (κ3) is 1.92. The monoisotopic (exact) mass is 181 g/mol. The highest BCUT2D eigenvalue weighted by molar-refractivity contribution is 5.05. The summed E-state index contributed by atoms with van der Waals surface area (Å²) in [7, 11) is 0. The first kappa shape index (κ1) is 8.78. The minimum Gasteiger partial charge on any atom is -0.468 e. The molecule has 0 aromatic carbocycles. The molecule has 0 radical (unpaired) electrons. The van der Waals surface area contributed by atoms with E-state index in [1.807, 2.05) is 12.1 Å². The van der Waals surface area contributed by atoms with E-state index in [-0.39, 0.29) is 12.6 Å². The molecule has 0 spiro atoms. The lowest BCUT2D eigenvalue weighted by Gasteiger charge is -2.29. The predicted octanol–water partition coefficient (Wildman–Crippen LogP) is 1.46. The van der Waals surface area contributed by atoms with E-state index >= 15 is 0 Å². The van der Waals surface area contributed by atoms with Gasteiger partial charge >= 0.3 is 0 Å². The molecule has 72 valence electrons. The Hall–Kier alpha value is -0.800. The summed E-state index contributed by atoms with van der Waals surface area (Å²) in [5.74, 6) is 0.828. The second kappa shape index (κ2) is 3.94. The van der Waals surface area contributed by atoms with Crippen molar-refractivity contribution in [2.75, 3.05) is 6.61 Å². The Bertz CT molecular complexity index is 241. The van der Waals surface area contributed by atoms with E-state index in [1.54, 1.807) is 6.26 Å². The fraction of sp³-hybridized carbons (Fsp3) is 0.600. The molecule has 1 fully saturated rings. The Labute approximate surface area is 77.8 Å². The molecule has 3 nitrogen and oxygen atoms in total. The minimum atomic E-state index is -0.0275. The van der Waals surface area contributed by atoms with Gasteiger partial charge in [0.2, 0.25) is 0 Å². The van der Waals surface area contributed by atoms with Gasteiger partial charge in [0.1, 0.15) is 5.76 Å². The summed E-state index contributed by atoms with van der Waals surface area (Å²) in [4.78, 5) is 0. The number of aliphatic hydroxyl groups is 1. The van der Waals surface area contributed by atoms with E-state index in [9.17, 15) is 0 Å². The number of hydrogen-bond donors (Lipinski definition) is 2. The van der Waals surface area contributed by atoms with Crippen LogP contribution in [-0.4, -0.2) is 17.8 Å². The van der Waals surface area contributed by atoms with Gasteiger partial charge in [0.05, 0.1) is 18.9 Å². The predicted molar refractivity (Wildman–Crippen MR) is 49.3 cm³/mol. The fourth-order valence-corrected chi connectivity index (χ4v) is 1.57. The average Bonchev–Trinajstić information content (AvgIpc) is 2.55. The van der Waals surface area contributed by atoms with Crippen molar-refractivity contribution in [1.82, 2.24) is 5.32 Å². The molecule has 1 aromatic heterocycles. The first-order valence-corrected chi connectivity index (χ1v) is 4.80. The lowest BCUT2D eigenvalue weighted by atomic mass is 9.92. The van der Waals surface area contributed by atoms with Crippen LogP contribution in [0, 0.1) is 0 Å². The third-order valence-electron chi connectivity index (χ3n) is 2.61.